The number of nitrogens with two attached hydrogens (primary N) is 1. The summed E-state index contributed by atoms with van der Waals surface area (Å²) in [5.41, 5.74) is 6.44. The summed E-state index contributed by atoms with van der Waals surface area (Å²) in [5.74, 6) is 1.16. The Hall–Kier alpha value is -2.42. The standard InChI is InChI=1S/C20H21N3O3S2/c21-10-11-23-19(25)17(28-20(23)27)12-18(24)22-13-14-6-8-16(9-7-14)26-15-4-2-1-3-5-15/h1-9,17H,10-13,21H2,(H,22,24). The quantitative estimate of drug-likeness (QED) is 0.645. The summed E-state index contributed by atoms with van der Waals surface area (Å²) in [7, 11) is 0. The molecule has 0 saturated carbocycles. The fourth-order valence-electron chi connectivity index (χ4n) is 2.70. The van der Waals surface area contributed by atoms with Crippen molar-refractivity contribution in [3.8, 4) is 11.5 Å². The van der Waals surface area contributed by atoms with E-state index in [1.807, 2.05) is 54.6 Å². The van der Waals surface area contributed by atoms with Gasteiger partial charge in [-0.05, 0) is 29.8 Å². The third-order valence-electron chi connectivity index (χ3n) is 4.12. The van der Waals surface area contributed by atoms with Crippen LogP contribution in [-0.2, 0) is 16.1 Å². The van der Waals surface area contributed by atoms with Gasteiger partial charge in [0.1, 0.15) is 15.8 Å². The molecule has 2 aromatic rings. The number of hydrogen-bond donors (Lipinski definition) is 2. The maximum atomic E-state index is 12.3. The molecule has 1 heterocycles. The Kier molecular flexibility index (Phi) is 7.02. The van der Waals surface area contributed by atoms with Crippen LogP contribution in [0, 0.1) is 0 Å². The molecular weight excluding hydrogens is 394 g/mol. The number of amides is 2. The lowest BCUT2D eigenvalue weighted by atomic mass is 10.2. The maximum Gasteiger partial charge on any atom is 0.242 e. The second-order valence-electron chi connectivity index (χ2n) is 6.19. The lowest BCUT2D eigenvalue weighted by Gasteiger charge is -2.13. The van der Waals surface area contributed by atoms with Crippen molar-refractivity contribution < 1.29 is 14.3 Å². The molecule has 1 saturated heterocycles. The van der Waals surface area contributed by atoms with Crippen molar-refractivity contribution in [2.24, 2.45) is 5.73 Å². The van der Waals surface area contributed by atoms with E-state index in [4.69, 9.17) is 22.7 Å². The Morgan fingerprint density at radius 2 is 1.82 bits per heavy atom. The predicted molar refractivity (Wildman–Crippen MR) is 114 cm³/mol. The second-order valence-corrected chi connectivity index (χ2v) is 8.03. The van der Waals surface area contributed by atoms with E-state index in [-0.39, 0.29) is 18.2 Å². The molecule has 8 heteroatoms. The largest absolute Gasteiger partial charge is 0.457 e. The number of carbonyl (C=O) groups excluding carboxylic acids is 2. The van der Waals surface area contributed by atoms with Crippen LogP contribution in [0.5, 0.6) is 11.5 Å². The summed E-state index contributed by atoms with van der Waals surface area (Å²) < 4.78 is 6.23. The topological polar surface area (TPSA) is 84.7 Å². The first-order chi connectivity index (χ1) is 13.6. The Morgan fingerprint density at radius 1 is 1.14 bits per heavy atom. The van der Waals surface area contributed by atoms with Crippen molar-refractivity contribution in [2.75, 3.05) is 13.1 Å². The number of thioether (sulfide) groups is 1. The third-order valence-corrected chi connectivity index (χ3v) is 5.70. The van der Waals surface area contributed by atoms with Gasteiger partial charge in [-0.25, -0.2) is 0 Å². The van der Waals surface area contributed by atoms with Crippen molar-refractivity contribution in [2.45, 2.75) is 18.2 Å². The maximum absolute atomic E-state index is 12.3. The van der Waals surface area contributed by atoms with Crippen molar-refractivity contribution >= 4 is 40.1 Å². The number of para-hydroxylation sites is 1. The van der Waals surface area contributed by atoms with E-state index >= 15 is 0 Å². The van der Waals surface area contributed by atoms with Crippen LogP contribution in [0.15, 0.2) is 54.6 Å². The first-order valence-electron chi connectivity index (χ1n) is 8.87. The molecule has 3 N–H and O–H groups in total. The van der Waals surface area contributed by atoms with Gasteiger partial charge in [-0.15, -0.1) is 0 Å². The van der Waals surface area contributed by atoms with Crippen LogP contribution in [-0.4, -0.2) is 39.4 Å². The highest BCUT2D eigenvalue weighted by atomic mass is 32.2. The van der Waals surface area contributed by atoms with Crippen LogP contribution >= 0.6 is 24.0 Å². The van der Waals surface area contributed by atoms with E-state index < -0.39 is 5.25 Å². The van der Waals surface area contributed by atoms with E-state index in [1.165, 1.54) is 16.7 Å². The number of ether oxygens (including phenoxy) is 1. The molecule has 146 valence electrons. The van der Waals surface area contributed by atoms with Crippen LogP contribution in [0.25, 0.3) is 0 Å². The normalized spacial score (nSPS) is 16.3. The molecule has 6 nitrogen and oxygen atoms in total. The van der Waals surface area contributed by atoms with Gasteiger partial charge in [0.2, 0.25) is 11.8 Å². The first-order valence-corrected chi connectivity index (χ1v) is 10.2. The predicted octanol–water partition coefficient (Wildman–Crippen LogP) is 2.67. The number of carbonyl (C=O) groups is 2. The summed E-state index contributed by atoms with van der Waals surface area (Å²) in [5, 5.41) is 2.37. The molecule has 0 bridgehead atoms. The molecule has 1 aliphatic heterocycles. The van der Waals surface area contributed by atoms with Gasteiger partial charge in [-0.3, -0.25) is 14.5 Å². The molecule has 0 spiro atoms. The molecule has 0 radical (unpaired) electrons. The summed E-state index contributed by atoms with van der Waals surface area (Å²) in [6, 6.07) is 17.0. The van der Waals surface area contributed by atoms with Crippen molar-refractivity contribution in [1.29, 1.82) is 0 Å². The molecule has 0 aromatic heterocycles. The highest BCUT2D eigenvalue weighted by Crippen LogP contribution is 2.29. The number of nitrogens with one attached hydrogen (secondary N) is 1. The summed E-state index contributed by atoms with van der Waals surface area (Å²) >= 11 is 6.43. The van der Waals surface area contributed by atoms with Crippen LogP contribution in [0.3, 0.4) is 0 Å². The van der Waals surface area contributed by atoms with E-state index in [9.17, 15) is 9.59 Å². The lowest BCUT2D eigenvalue weighted by molar-refractivity contribution is -0.129. The van der Waals surface area contributed by atoms with Gasteiger partial charge >= 0.3 is 0 Å². The van der Waals surface area contributed by atoms with Crippen LogP contribution in [0.1, 0.15) is 12.0 Å². The zero-order chi connectivity index (χ0) is 19.9. The van der Waals surface area contributed by atoms with Gasteiger partial charge in [0.15, 0.2) is 0 Å². The first kappa shape index (κ1) is 20.3. The molecule has 1 fully saturated rings. The van der Waals surface area contributed by atoms with Gasteiger partial charge < -0.3 is 15.8 Å². The van der Waals surface area contributed by atoms with Gasteiger partial charge in [-0.1, -0.05) is 54.3 Å². The fraction of sp³-hybridized carbons (Fsp3) is 0.250. The number of nitrogens with zero attached hydrogens (tertiary/aromatic N) is 1. The Balaban J connectivity index is 1.47. The van der Waals surface area contributed by atoms with Gasteiger partial charge in [0.05, 0.1) is 5.25 Å². The fourth-order valence-corrected chi connectivity index (χ4v) is 4.24. The summed E-state index contributed by atoms with van der Waals surface area (Å²) in [6.07, 6.45) is 0.0971. The van der Waals surface area contributed by atoms with E-state index in [1.54, 1.807) is 0 Å². The number of benzene rings is 2. The smallest absolute Gasteiger partial charge is 0.242 e. The van der Waals surface area contributed by atoms with Crippen LogP contribution in [0.4, 0.5) is 0 Å². The molecule has 28 heavy (non-hydrogen) atoms. The lowest BCUT2D eigenvalue weighted by Crippen LogP contribution is -2.37. The van der Waals surface area contributed by atoms with Crippen molar-refractivity contribution in [1.82, 2.24) is 10.2 Å². The molecule has 1 aliphatic rings. The molecular formula is C20H21N3O3S2. The molecule has 3 rings (SSSR count). The zero-order valence-electron chi connectivity index (χ0n) is 15.2. The third kappa shape index (κ3) is 5.31. The minimum atomic E-state index is -0.472. The van der Waals surface area contributed by atoms with Crippen LogP contribution in [0.2, 0.25) is 0 Å². The molecule has 0 aliphatic carbocycles. The summed E-state index contributed by atoms with van der Waals surface area (Å²) in [6.45, 7) is 1.11. The zero-order valence-corrected chi connectivity index (χ0v) is 16.8. The van der Waals surface area contributed by atoms with Crippen molar-refractivity contribution in [3.05, 3.63) is 60.2 Å². The van der Waals surface area contributed by atoms with Gasteiger partial charge in [0.25, 0.3) is 0 Å². The highest BCUT2D eigenvalue weighted by molar-refractivity contribution is 8.24. The minimum absolute atomic E-state index is 0.0971. The van der Waals surface area contributed by atoms with E-state index in [0.717, 1.165) is 17.1 Å². The minimum Gasteiger partial charge on any atom is -0.457 e. The number of thiocarbonyl (C=S) groups is 1. The van der Waals surface area contributed by atoms with E-state index in [0.29, 0.717) is 24.0 Å². The van der Waals surface area contributed by atoms with Gasteiger partial charge in [0, 0.05) is 26.1 Å². The van der Waals surface area contributed by atoms with Crippen LogP contribution < -0.4 is 15.8 Å². The van der Waals surface area contributed by atoms with E-state index in [2.05, 4.69) is 5.32 Å². The molecule has 2 aromatic carbocycles. The number of hydrogen-bond acceptors (Lipinski definition) is 6. The Labute approximate surface area is 173 Å². The van der Waals surface area contributed by atoms with Crippen molar-refractivity contribution in [3.63, 3.8) is 0 Å². The highest BCUT2D eigenvalue weighted by Gasteiger charge is 2.37. The average Bonchev–Trinajstić information content (AvgIpc) is 2.96. The monoisotopic (exact) mass is 415 g/mol. The Morgan fingerprint density at radius 3 is 2.50 bits per heavy atom. The number of rotatable bonds is 8. The molecule has 1 unspecified atom stereocenters. The second kappa shape index (κ2) is 9.68. The summed E-state index contributed by atoms with van der Waals surface area (Å²) in [4.78, 5) is 26.0. The average molecular weight is 416 g/mol. The SMILES string of the molecule is NCCN1C(=O)C(CC(=O)NCc2ccc(Oc3ccccc3)cc2)SC1=S. The Bertz CT molecular complexity index is 844. The molecule has 2 amide bonds. The van der Waals surface area contributed by atoms with Gasteiger partial charge in [-0.2, -0.15) is 0 Å². The molecule has 1 atom stereocenters.